The van der Waals surface area contributed by atoms with E-state index in [1.54, 1.807) is 10.9 Å². The monoisotopic (exact) mass is 256 g/mol. The van der Waals surface area contributed by atoms with E-state index in [0.717, 1.165) is 32.2 Å². The summed E-state index contributed by atoms with van der Waals surface area (Å²) in [5.41, 5.74) is 6.01. The van der Waals surface area contributed by atoms with Crippen molar-refractivity contribution in [3.63, 3.8) is 0 Å². The lowest BCUT2D eigenvalue weighted by molar-refractivity contribution is -0.138. The molecule has 1 aromatic rings. The molecule has 0 aromatic carbocycles. The number of aryl methyl sites for hydroxylation is 1. The van der Waals surface area contributed by atoms with Gasteiger partial charge in [0.05, 0.1) is 5.69 Å². The Bertz CT molecular complexity index is 367. The molecule has 0 spiro atoms. The summed E-state index contributed by atoms with van der Waals surface area (Å²) in [5, 5.41) is 25.1. The molecule has 0 bridgehead atoms. The summed E-state index contributed by atoms with van der Waals surface area (Å²) < 4.78 is 1.70. The lowest BCUT2D eigenvalue weighted by Gasteiger charge is -2.02. The number of hydrogen-bond donors (Lipinski definition) is 3. The number of aliphatic hydroxyl groups excluding tert-OH is 1. The number of unbranched alkanes of at least 4 members (excludes halogenated alkanes) is 3. The maximum atomic E-state index is 10.6. The largest absolute Gasteiger partial charge is 0.480 e. The molecule has 0 amide bonds. The van der Waals surface area contributed by atoms with Gasteiger partial charge in [-0.25, -0.2) is 0 Å². The first-order valence-corrected chi connectivity index (χ1v) is 6.11. The second-order valence-electron chi connectivity index (χ2n) is 4.26. The molecule has 0 aliphatic heterocycles. The Morgan fingerprint density at radius 1 is 1.39 bits per heavy atom. The van der Waals surface area contributed by atoms with Crippen LogP contribution in [0.15, 0.2) is 6.20 Å². The first kappa shape index (κ1) is 14.6. The predicted molar refractivity (Wildman–Crippen MR) is 64.9 cm³/mol. The number of rotatable bonds is 9. The van der Waals surface area contributed by atoms with Crippen molar-refractivity contribution in [3.05, 3.63) is 11.9 Å². The third kappa shape index (κ3) is 5.24. The Kier molecular flexibility index (Phi) is 6.31. The number of carboxylic acid groups (broad SMARTS) is 1. The summed E-state index contributed by atoms with van der Waals surface area (Å²) in [5.74, 6) is -1.03. The van der Waals surface area contributed by atoms with Crippen LogP contribution in [0.25, 0.3) is 0 Å². The lowest BCUT2D eigenvalue weighted by Crippen LogP contribution is -2.32. The number of hydrogen-bond acceptors (Lipinski definition) is 5. The Labute approximate surface area is 106 Å². The maximum absolute atomic E-state index is 10.6. The van der Waals surface area contributed by atoms with Gasteiger partial charge in [-0.3, -0.25) is 9.48 Å². The molecule has 0 fully saturated rings. The van der Waals surface area contributed by atoms with Crippen molar-refractivity contribution in [1.82, 2.24) is 15.0 Å². The number of nitrogens with two attached hydrogens (primary N) is 1. The summed E-state index contributed by atoms with van der Waals surface area (Å²) in [7, 11) is 0. The molecular weight excluding hydrogens is 236 g/mol. The van der Waals surface area contributed by atoms with Crippen LogP contribution in [-0.2, 0) is 17.8 Å². The molecule has 0 saturated carbocycles. The molecule has 1 atom stereocenters. The van der Waals surface area contributed by atoms with Crippen LogP contribution in [0.5, 0.6) is 0 Å². The van der Waals surface area contributed by atoms with Crippen molar-refractivity contribution in [2.75, 3.05) is 6.61 Å². The second kappa shape index (κ2) is 7.78. The van der Waals surface area contributed by atoms with Crippen molar-refractivity contribution in [2.24, 2.45) is 5.73 Å². The Balaban J connectivity index is 2.28. The van der Waals surface area contributed by atoms with E-state index >= 15 is 0 Å². The highest BCUT2D eigenvalue weighted by Crippen LogP contribution is 2.03. The fraction of sp³-hybridized carbons (Fsp3) is 0.727. The predicted octanol–water partition coefficient (Wildman–Crippen LogP) is -0.215. The Morgan fingerprint density at radius 2 is 2.11 bits per heavy atom. The standard InChI is InChI=1S/C11H20N4O3/c12-10(11(17)18)7-9-8-15(14-13-9)5-3-1-2-4-6-16/h8,10,16H,1-7,12H2,(H,17,18). The topological polar surface area (TPSA) is 114 Å². The summed E-state index contributed by atoms with van der Waals surface area (Å²) in [6.07, 6.45) is 5.75. The molecule has 0 radical (unpaired) electrons. The van der Waals surface area contributed by atoms with Gasteiger partial charge in [0.2, 0.25) is 0 Å². The number of nitrogens with zero attached hydrogens (tertiary/aromatic N) is 3. The second-order valence-corrected chi connectivity index (χ2v) is 4.26. The SMILES string of the molecule is NC(Cc1cn(CCCCCCO)nn1)C(=O)O. The van der Waals surface area contributed by atoms with Gasteiger partial charge in [0.25, 0.3) is 0 Å². The highest BCUT2D eigenvalue weighted by molar-refractivity contribution is 5.73. The number of carboxylic acids is 1. The molecule has 0 aliphatic carbocycles. The minimum atomic E-state index is -1.03. The van der Waals surface area contributed by atoms with E-state index in [1.807, 2.05) is 0 Å². The summed E-state index contributed by atoms with van der Waals surface area (Å²) in [6.45, 7) is 0.987. The van der Waals surface area contributed by atoms with Gasteiger partial charge < -0.3 is 15.9 Å². The van der Waals surface area contributed by atoms with Gasteiger partial charge in [-0.15, -0.1) is 5.10 Å². The van der Waals surface area contributed by atoms with Gasteiger partial charge in [0.15, 0.2) is 0 Å². The zero-order valence-electron chi connectivity index (χ0n) is 10.3. The van der Waals surface area contributed by atoms with Crippen LogP contribution < -0.4 is 5.73 Å². The lowest BCUT2D eigenvalue weighted by atomic mass is 10.2. The molecule has 18 heavy (non-hydrogen) atoms. The molecule has 1 rings (SSSR count). The third-order valence-corrected chi connectivity index (χ3v) is 2.63. The van der Waals surface area contributed by atoms with Crippen LogP contribution in [0.4, 0.5) is 0 Å². The fourth-order valence-electron chi connectivity index (χ4n) is 1.59. The number of carbonyl (C=O) groups is 1. The molecule has 1 aromatic heterocycles. The van der Waals surface area contributed by atoms with Crippen LogP contribution in [0, 0.1) is 0 Å². The van der Waals surface area contributed by atoms with Crippen molar-refractivity contribution in [3.8, 4) is 0 Å². The van der Waals surface area contributed by atoms with Crippen LogP contribution >= 0.6 is 0 Å². The molecule has 0 aliphatic rings. The Hall–Kier alpha value is -1.47. The van der Waals surface area contributed by atoms with Crippen molar-refractivity contribution < 1.29 is 15.0 Å². The van der Waals surface area contributed by atoms with E-state index in [1.165, 1.54) is 0 Å². The van der Waals surface area contributed by atoms with E-state index in [0.29, 0.717) is 5.69 Å². The average Bonchev–Trinajstić information content (AvgIpc) is 2.76. The summed E-state index contributed by atoms with van der Waals surface area (Å²) in [4.78, 5) is 10.6. The van der Waals surface area contributed by atoms with Gasteiger partial charge in [-0.2, -0.15) is 0 Å². The fourth-order valence-corrected chi connectivity index (χ4v) is 1.59. The van der Waals surface area contributed by atoms with E-state index in [2.05, 4.69) is 10.3 Å². The van der Waals surface area contributed by atoms with Gasteiger partial charge in [0.1, 0.15) is 6.04 Å². The molecule has 1 unspecified atom stereocenters. The van der Waals surface area contributed by atoms with E-state index in [9.17, 15) is 4.79 Å². The van der Waals surface area contributed by atoms with Crippen molar-refractivity contribution in [2.45, 2.75) is 44.7 Å². The van der Waals surface area contributed by atoms with Crippen LogP contribution in [0.1, 0.15) is 31.4 Å². The zero-order chi connectivity index (χ0) is 13.4. The zero-order valence-corrected chi connectivity index (χ0v) is 10.3. The minimum Gasteiger partial charge on any atom is -0.480 e. The molecule has 4 N–H and O–H groups in total. The number of aliphatic hydroxyl groups is 1. The molecular formula is C11H20N4O3. The van der Waals surface area contributed by atoms with E-state index in [4.69, 9.17) is 15.9 Å². The van der Waals surface area contributed by atoms with E-state index < -0.39 is 12.0 Å². The van der Waals surface area contributed by atoms with Crippen LogP contribution in [0.3, 0.4) is 0 Å². The number of aromatic nitrogens is 3. The summed E-state index contributed by atoms with van der Waals surface area (Å²) >= 11 is 0. The van der Waals surface area contributed by atoms with Crippen LogP contribution in [-0.4, -0.2) is 43.8 Å². The van der Waals surface area contributed by atoms with Gasteiger partial charge in [-0.1, -0.05) is 18.1 Å². The highest BCUT2D eigenvalue weighted by Gasteiger charge is 2.14. The van der Waals surface area contributed by atoms with Crippen molar-refractivity contribution >= 4 is 5.97 Å². The molecule has 0 saturated heterocycles. The highest BCUT2D eigenvalue weighted by atomic mass is 16.4. The van der Waals surface area contributed by atoms with Gasteiger partial charge in [-0.05, 0) is 12.8 Å². The average molecular weight is 256 g/mol. The van der Waals surface area contributed by atoms with E-state index in [-0.39, 0.29) is 13.0 Å². The molecule has 102 valence electrons. The molecule has 1 heterocycles. The smallest absolute Gasteiger partial charge is 0.320 e. The minimum absolute atomic E-state index is 0.194. The molecule has 7 heteroatoms. The van der Waals surface area contributed by atoms with Gasteiger partial charge in [0, 0.05) is 25.8 Å². The quantitative estimate of drug-likeness (QED) is 0.526. The first-order valence-electron chi connectivity index (χ1n) is 6.11. The number of aliphatic carboxylic acids is 1. The van der Waals surface area contributed by atoms with Crippen LogP contribution in [0.2, 0.25) is 0 Å². The molecule has 7 nitrogen and oxygen atoms in total. The normalized spacial score (nSPS) is 12.6. The Morgan fingerprint density at radius 3 is 2.78 bits per heavy atom. The first-order chi connectivity index (χ1) is 8.63. The van der Waals surface area contributed by atoms with Gasteiger partial charge >= 0.3 is 5.97 Å². The maximum Gasteiger partial charge on any atom is 0.320 e. The summed E-state index contributed by atoms with van der Waals surface area (Å²) in [6, 6.07) is -0.931. The van der Waals surface area contributed by atoms with Crippen molar-refractivity contribution in [1.29, 1.82) is 0 Å². The third-order valence-electron chi connectivity index (χ3n) is 2.63.